The molecule has 1 aromatic rings. The summed E-state index contributed by atoms with van der Waals surface area (Å²) >= 11 is 0. The molecule has 0 radical (unpaired) electrons. The molecule has 2 aliphatic rings. The Kier molecular flexibility index (Phi) is 3.16. The van der Waals surface area contributed by atoms with E-state index in [1.807, 2.05) is 6.07 Å². The molecule has 1 aliphatic carbocycles. The summed E-state index contributed by atoms with van der Waals surface area (Å²) in [6.07, 6.45) is 1.32. The average molecular weight is 262 g/mol. The fourth-order valence-corrected chi connectivity index (χ4v) is 3.02. The minimum absolute atomic E-state index is 0.000580. The van der Waals surface area contributed by atoms with E-state index in [2.05, 4.69) is 5.32 Å². The number of rotatable bonds is 3. The number of nitrogens with one attached hydrogen (secondary N) is 1. The Hall–Kier alpha value is -1.59. The Labute approximate surface area is 111 Å². The van der Waals surface area contributed by atoms with Crippen molar-refractivity contribution >= 4 is 5.91 Å². The van der Waals surface area contributed by atoms with Crippen LogP contribution in [0, 0.1) is 5.92 Å². The zero-order chi connectivity index (χ0) is 13.4. The van der Waals surface area contributed by atoms with Crippen molar-refractivity contribution in [2.45, 2.75) is 31.0 Å². The van der Waals surface area contributed by atoms with Crippen LogP contribution in [-0.2, 0) is 16.0 Å². The summed E-state index contributed by atoms with van der Waals surface area (Å²) in [4.78, 5) is 12.0. The van der Waals surface area contributed by atoms with Gasteiger partial charge in [-0.3, -0.25) is 4.79 Å². The maximum Gasteiger partial charge on any atom is 0.224 e. The number of nitrogens with two attached hydrogens (primary N) is 1. The van der Waals surface area contributed by atoms with Crippen LogP contribution in [0.3, 0.4) is 0 Å². The van der Waals surface area contributed by atoms with Crippen LogP contribution in [0.25, 0.3) is 0 Å². The molecule has 3 rings (SSSR count). The summed E-state index contributed by atoms with van der Waals surface area (Å²) < 4.78 is 5.57. The lowest BCUT2D eigenvalue weighted by Gasteiger charge is -2.45. The molecule has 102 valence electrons. The van der Waals surface area contributed by atoms with Gasteiger partial charge in [0.25, 0.3) is 0 Å². The van der Waals surface area contributed by atoms with Crippen molar-refractivity contribution in [1.29, 1.82) is 0 Å². The van der Waals surface area contributed by atoms with E-state index < -0.39 is 0 Å². The number of benzene rings is 1. The molecule has 5 heteroatoms. The van der Waals surface area contributed by atoms with Gasteiger partial charge in [-0.1, -0.05) is 12.1 Å². The van der Waals surface area contributed by atoms with Crippen molar-refractivity contribution in [3.8, 4) is 5.75 Å². The number of phenolic OH excluding ortho intramolecular Hbond substituents is 1. The standard InChI is InChI=1S/C14H18N2O3/c15-12-10-4-5-19-14(10)13(12)16-11(18)7-8-2-1-3-9(17)6-8/h1-3,6,10,12-14,17H,4-5,7,15H2,(H,16,18). The Balaban J connectivity index is 1.57. The third-order valence-corrected chi connectivity index (χ3v) is 4.05. The molecule has 2 fully saturated rings. The number of phenols is 1. The van der Waals surface area contributed by atoms with Crippen molar-refractivity contribution in [3.05, 3.63) is 29.8 Å². The first-order valence-electron chi connectivity index (χ1n) is 6.59. The SMILES string of the molecule is NC1C2CCOC2C1NC(=O)Cc1cccc(O)c1. The summed E-state index contributed by atoms with van der Waals surface area (Å²) in [6.45, 7) is 0.738. The molecule has 4 unspecified atom stereocenters. The molecule has 0 aromatic heterocycles. The van der Waals surface area contributed by atoms with Crippen LogP contribution in [0.4, 0.5) is 0 Å². The smallest absolute Gasteiger partial charge is 0.224 e. The van der Waals surface area contributed by atoms with Gasteiger partial charge < -0.3 is 20.9 Å². The number of amides is 1. The van der Waals surface area contributed by atoms with E-state index in [0.29, 0.717) is 5.92 Å². The first-order valence-corrected chi connectivity index (χ1v) is 6.59. The van der Waals surface area contributed by atoms with E-state index in [0.717, 1.165) is 18.6 Å². The molecule has 0 spiro atoms. The summed E-state index contributed by atoms with van der Waals surface area (Å²) in [5, 5.41) is 12.3. The highest BCUT2D eigenvalue weighted by Crippen LogP contribution is 2.37. The molecule has 4 N–H and O–H groups in total. The summed E-state index contributed by atoms with van der Waals surface area (Å²) in [6, 6.07) is 6.64. The molecule has 19 heavy (non-hydrogen) atoms. The second-order valence-corrected chi connectivity index (χ2v) is 5.31. The minimum atomic E-state index is -0.0833. The van der Waals surface area contributed by atoms with E-state index in [4.69, 9.17) is 10.5 Å². The first kappa shape index (κ1) is 12.4. The normalized spacial score (nSPS) is 32.5. The summed E-state index contributed by atoms with van der Waals surface area (Å²) in [5.41, 5.74) is 6.83. The molecule has 1 aliphatic heterocycles. The average Bonchev–Trinajstić information content (AvgIpc) is 2.80. The van der Waals surface area contributed by atoms with Gasteiger partial charge in [-0.15, -0.1) is 0 Å². The van der Waals surface area contributed by atoms with Gasteiger partial charge in [0.05, 0.1) is 18.6 Å². The molecular weight excluding hydrogens is 244 g/mol. The monoisotopic (exact) mass is 262 g/mol. The maximum absolute atomic E-state index is 12.0. The van der Waals surface area contributed by atoms with Crippen LogP contribution in [-0.4, -0.2) is 35.8 Å². The van der Waals surface area contributed by atoms with E-state index >= 15 is 0 Å². The highest BCUT2D eigenvalue weighted by atomic mass is 16.5. The van der Waals surface area contributed by atoms with Gasteiger partial charge in [0.15, 0.2) is 0 Å². The van der Waals surface area contributed by atoms with Crippen LogP contribution in [0.1, 0.15) is 12.0 Å². The van der Waals surface area contributed by atoms with Crippen molar-refractivity contribution in [2.24, 2.45) is 11.7 Å². The number of carbonyl (C=O) groups is 1. The predicted octanol–water partition coefficient (Wildman–Crippen LogP) is 0.166. The van der Waals surface area contributed by atoms with Gasteiger partial charge in [-0.05, 0) is 24.1 Å². The van der Waals surface area contributed by atoms with Gasteiger partial charge in [0.1, 0.15) is 5.75 Å². The summed E-state index contributed by atoms with van der Waals surface area (Å²) in [5.74, 6) is 0.482. The van der Waals surface area contributed by atoms with Crippen molar-refractivity contribution in [2.75, 3.05) is 6.61 Å². The molecule has 1 saturated heterocycles. The van der Waals surface area contributed by atoms with E-state index in [1.165, 1.54) is 0 Å². The number of fused-ring (bicyclic) bond motifs is 1. The lowest BCUT2D eigenvalue weighted by atomic mass is 9.72. The molecule has 1 amide bonds. The van der Waals surface area contributed by atoms with Crippen molar-refractivity contribution < 1.29 is 14.6 Å². The zero-order valence-corrected chi connectivity index (χ0v) is 10.6. The number of hydrogen-bond donors (Lipinski definition) is 3. The van der Waals surface area contributed by atoms with Gasteiger partial charge in [0, 0.05) is 18.6 Å². The number of ether oxygens (including phenoxy) is 1. The highest BCUT2D eigenvalue weighted by molar-refractivity contribution is 5.79. The first-order chi connectivity index (χ1) is 9.15. The third kappa shape index (κ3) is 2.31. The van der Waals surface area contributed by atoms with E-state index in [1.54, 1.807) is 18.2 Å². The fraction of sp³-hybridized carbons (Fsp3) is 0.500. The maximum atomic E-state index is 12.0. The zero-order valence-electron chi connectivity index (χ0n) is 10.6. The van der Waals surface area contributed by atoms with Gasteiger partial charge in [0.2, 0.25) is 5.91 Å². The van der Waals surface area contributed by atoms with Gasteiger partial charge in [-0.25, -0.2) is 0 Å². The number of carbonyl (C=O) groups excluding carboxylic acids is 1. The molecule has 1 aromatic carbocycles. The van der Waals surface area contributed by atoms with Crippen LogP contribution in [0.15, 0.2) is 24.3 Å². The van der Waals surface area contributed by atoms with E-state index in [-0.39, 0.29) is 36.3 Å². The predicted molar refractivity (Wildman–Crippen MR) is 69.6 cm³/mol. The largest absolute Gasteiger partial charge is 0.508 e. The topological polar surface area (TPSA) is 84.6 Å². The second kappa shape index (κ2) is 4.83. The lowest BCUT2D eigenvalue weighted by molar-refractivity contribution is -0.125. The Morgan fingerprint density at radius 3 is 3.16 bits per heavy atom. The van der Waals surface area contributed by atoms with Crippen molar-refractivity contribution in [3.63, 3.8) is 0 Å². The molecule has 1 saturated carbocycles. The Morgan fingerprint density at radius 1 is 1.53 bits per heavy atom. The number of hydrogen-bond acceptors (Lipinski definition) is 4. The fourth-order valence-electron chi connectivity index (χ4n) is 3.02. The Bertz CT molecular complexity index is 491. The highest BCUT2D eigenvalue weighted by Gasteiger charge is 2.52. The molecular formula is C14H18N2O3. The minimum Gasteiger partial charge on any atom is -0.508 e. The number of aromatic hydroxyl groups is 1. The van der Waals surface area contributed by atoms with Crippen molar-refractivity contribution in [1.82, 2.24) is 5.32 Å². The lowest BCUT2D eigenvalue weighted by Crippen LogP contribution is -2.69. The quantitative estimate of drug-likeness (QED) is 0.724. The van der Waals surface area contributed by atoms with Crippen LogP contribution in [0.5, 0.6) is 5.75 Å². The van der Waals surface area contributed by atoms with Gasteiger partial charge >= 0.3 is 0 Å². The van der Waals surface area contributed by atoms with Crippen LogP contribution >= 0.6 is 0 Å². The Morgan fingerprint density at radius 2 is 2.37 bits per heavy atom. The van der Waals surface area contributed by atoms with Crippen LogP contribution in [0.2, 0.25) is 0 Å². The second-order valence-electron chi connectivity index (χ2n) is 5.31. The molecule has 4 atom stereocenters. The van der Waals surface area contributed by atoms with E-state index in [9.17, 15) is 9.90 Å². The summed E-state index contributed by atoms with van der Waals surface area (Å²) in [7, 11) is 0. The molecule has 0 bridgehead atoms. The third-order valence-electron chi connectivity index (χ3n) is 4.05. The molecule has 1 heterocycles. The van der Waals surface area contributed by atoms with Crippen LogP contribution < -0.4 is 11.1 Å². The van der Waals surface area contributed by atoms with Gasteiger partial charge in [-0.2, -0.15) is 0 Å². The molecule has 5 nitrogen and oxygen atoms in total.